The van der Waals surface area contributed by atoms with Crippen LogP contribution >= 0.6 is 0 Å². The van der Waals surface area contributed by atoms with Crippen molar-refractivity contribution in [3.8, 4) is 0 Å². The zero-order valence-electron chi connectivity index (χ0n) is 11.4. The summed E-state index contributed by atoms with van der Waals surface area (Å²) in [5.74, 6) is 0. The monoisotopic (exact) mass is 291 g/mol. The summed E-state index contributed by atoms with van der Waals surface area (Å²) in [5.41, 5.74) is 3.92. The number of hydrogen-bond acceptors (Lipinski definition) is 3. The van der Waals surface area contributed by atoms with Crippen molar-refractivity contribution < 1.29 is 23.0 Å². The summed E-state index contributed by atoms with van der Waals surface area (Å²) in [6, 6.07) is 4.98. The Balaban J connectivity index is 2.88. The second kappa shape index (κ2) is 7.06. The van der Waals surface area contributed by atoms with Crippen LogP contribution in [-0.4, -0.2) is 31.0 Å². The van der Waals surface area contributed by atoms with Crippen LogP contribution in [0.1, 0.15) is 24.0 Å². The molecule has 3 N–H and O–H groups in total. The summed E-state index contributed by atoms with van der Waals surface area (Å²) in [4.78, 5) is 0. The van der Waals surface area contributed by atoms with Gasteiger partial charge in [-0.05, 0) is 31.0 Å². The van der Waals surface area contributed by atoms with E-state index in [1.165, 1.54) is 13.2 Å². The van der Waals surface area contributed by atoms with Gasteiger partial charge in [-0.3, -0.25) is 0 Å². The molecule has 20 heavy (non-hydrogen) atoms. The van der Waals surface area contributed by atoms with E-state index in [0.29, 0.717) is 24.9 Å². The van der Waals surface area contributed by atoms with Crippen LogP contribution in [0.4, 0.5) is 13.2 Å². The zero-order valence-corrected chi connectivity index (χ0v) is 11.4. The molecule has 0 amide bonds. The molecule has 1 unspecified atom stereocenters. The van der Waals surface area contributed by atoms with Crippen molar-refractivity contribution in [1.82, 2.24) is 0 Å². The highest BCUT2D eigenvalue weighted by Crippen LogP contribution is 2.30. The maximum Gasteiger partial charge on any atom is 0.416 e. The maximum absolute atomic E-state index is 12.6. The fraction of sp³-hybridized carbons (Fsp3) is 0.571. The fourth-order valence-corrected chi connectivity index (χ4v) is 2.15. The van der Waals surface area contributed by atoms with E-state index in [4.69, 9.17) is 10.5 Å². The summed E-state index contributed by atoms with van der Waals surface area (Å²) in [6.07, 6.45) is -3.32. The van der Waals surface area contributed by atoms with E-state index in [0.717, 1.165) is 12.1 Å². The lowest BCUT2D eigenvalue weighted by Gasteiger charge is -2.27. The molecule has 0 spiro atoms. The minimum absolute atomic E-state index is 0.0588. The van der Waals surface area contributed by atoms with Crippen LogP contribution in [0.3, 0.4) is 0 Å². The van der Waals surface area contributed by atoms with Gasteiger partial charge in [0, 0.05) is 13.5 Å². The molecular formula is C14H20F3NO2. The van der Waals surface area contributed by atoms with Crippen molar-refractivity contribution >= 4 is 0 Å². The molecule has 0 saturated heterocycles. The molecule has 0 radical (unpaired) electrons. The van der Waals surface area contributed by atoms with Gasteiger partial charge in [-0.2, -0.15) is 13.2 Å². The van der Waals surface area contributed by atoms with Crippen LogP contribution in [0.2, 0.25) is 0 Å². The molecule has 0 fully saturated rings. The van der Waals surface area contributed by atoms with Gasteiger partial charge in [0.15, 0.2) is 0 Å². The smallest absolute Gasteiger partial charge is 0.387 e. The topological polar surface area (TPSA) is 55.5 Å². The Bertz CT molecular complexity index is 423. The largest absolute Gasteiger partial charge is 0.416 e. The van der Waals surface area contributed by atoms with Crippen molar-refractivity contribution in [2.45, 2.75) is 31.0 Å². The first kappa shape index (κ1) is 16.9. The number of hydrogen-bond donors (Lipinski definition) is 2. The lowest BCUT2D eigenvalue weighted by Crippen LogP contribution is -2.37. The van der Waals surface area contributed by atoms with Gasteiger partial charge < -0.3 is 15.6 Å². The molecule has 114 valence electrons. The van der Waals surface area contributed by atoms with Gasteiger partial charge in [-0.1, -0.05) is 18.2 Å². The Morgan fingerprint density at radius 3 is 2.55 bits per heavy atom. The predicted octanol–water partition coefficient (Wildman–Crippen LogP) is 2.36. The number of benzene rings is 1. The first-order chi connectivity index (χ1) is 9.30. The number of aliphatic hydroxyl groups is 1. The van der Waals surface area contributed by atoms with Gasteiger partial charge in [-0.15, -0.1) is 0 Å². The van der Waals surface area contributed by atoms with Crippen molar-refractivity contribution in [1.29, 1.82) is 0 Å². The van der Waals surface area contributed by atoms with E-state index in [9.17, 15) is 18.3 Å². The quantitative estimate of drug-likeness (QED) is 0.811. The maximum atomic E-state index is 12.6. The summed E-state index contributed by atoms with van der Waals surface area (Å²) < 4.78 is 42.9. The molecule has 0 aliphatic carbocycles. The van der Waals surface area contributed by atoms with Gasteiger partial charge in [0.25, 0.3) is 0 Å². The number of nitrogens with two attached hydrogens (primary N) is 1. The molecule has 1 aromatic rings. The highest BCUT2D eigenvalue weighted by molar-refractivity contribution is 5.26. The average Bonchev–Trinajstić information content (AvgIpc) is 2.36. The van der Waals surface area contributed by atoms with Gasteiger partial charge in [0.2, 0.25) is 0 Å². The molecule has 1 rings (SSSR count). The molecule has 0 aliphatic heterocycles. The van der Waals surface area contributed by atoms with Crippen molar-refractivity contribution in [2.24, 2.45) is 5.73 Å². The van der Waals surface area contributed by atoms with Crippen LogP contribution < -0.4 is 5.73 Å². The van der Waals surface area contributed by atoms with Gasteiger partial charge in [0.1, 0.15) is 0 Å². The SMILES string of the molecule is COCC(O)(CCCN)Cc1cccc(C(F)(F)F)c1. The van der Waals surface area contributed by atoms with Crippen LogP contribution in [0.15, 0.2) is 24.3 Å². The van der Waals surface area contributed by atoms with E-state index in [-0.39, 0.29) is 13.0 Å². The third kappa shape index (κ3) is 5.11. The van der Waals surface area contributed by atoms with E-state index in [1.54, 1.807) is 6.07 Å². The normalized spacial score (nSPS) is 15.1. The molecule has 0 saturated carbocycles. The number of ether oxygens (including phenoxy) is 1. The van der Waals surface area contributed by atoms with Crippen LogP contribution in [-0.2, 0) is 17.3 Å². The van der Waals surface area contributed by atoms with Crippen LogP contribution in [0, 0.1) is 0 Å². The third-order valence-electron chi connectivity index (χ3n) is 3.05. The van der Waals surface area contributed by atoms with Crippen LogP contribution in [0.5, 0.6) is 0 Å². The van der Waals surface area contributed by atoms with Gasteiger partial charge >= 0.3 is 6.18 Å². The highest BCUT2D eigenvalue weighted by Gasteiger charge is 2.32. The average molecular weight is 291 g/mol. The molecule has 1 atom stereocenters. The second-order valence-electron chi connectivity index (χ2n) is 4.92. The standard InChI is InChI=1S/C14H20F3NO2/c1-20-10-13(19,6-3-7-18)9-11-4-2-5-12(8-11)14(15,16)17/h2,4-5,8,19H,3,6-7,9-10,18H2,1H3. The molecule has 0 aromatic heterocycles. The molecule has 3 nitrogen and oxygen atoms in total. The molecule has 0 heterocycles. The van der Waals surface area contributed by atoms with E-state index < -0.39 is 17.3 Å². The molecule has 0 bridgehead atoms. The first-order valence-corrected chi connectivity index (χ1v) is 6.38. The van der Waals surface area contributed by atoms with Crippen molar-refractivity contribution in [3.05, 3.63) is 35.4 Å². The highest BCUT2D eigenvalue weighted by atomic mass is 19.4. The molecular weight excluding hydrogens is 271 g/mol. The minimum atomic E-state index is -4.38. The minimum Gasteiger partial charge on any atom is -0.387 e. The summed E-state index contributed by atoms with van der Waals surface area (Å²) in [6.45, 7) is 0.470. The molecule has 1 aromatic carbocycles. The van der Waals surface area contributed by atoms with E-state index >= 15 is 0 Å². The Labute approximate surface area is 116 Å². The summed E-state index contributed by atoms with van der Waals surface area (Å²) in [5, 5.41) is 10.4. The Morgan fingerprint density at radius 1 is 1.30 bits per heavy atom. The molecule has 0 aliphatic rings. The first-order valence-electron chi connectivity index (χ1n) is 6.38. The third-order valence-corrected chi connectivity index (χ3v) is 3.05. The number of methoxy groups -OCH3 is 1. The fourth-order valence-electron chi connectivity index (χ4n) is 2.15. The lowest BCUT2D eigenvalue weighted by molar-refractivity contribution is -0.137. The van der Waals surface area contributed by atoms with E-state index in [1.807, 2.05) is 0 Å². The number of alkyl halides is 3. The number of halogens is 3. The Hall–Kier alpha value is -1.11. The Morgan fingerprint density at radius 2 is 2.00 bits per heavy atom. The predicted molar refractivity (Wildman–Crippen MR) is 70.3 cm³/mol. The lowest BCUT2D eigenvalue weighted by atomic mass is 9.90. The van der Waals surface area contributed by atoms with Crippen molar-refractivity contribution in [3.63, 3.8) is 0 Å². The Kier molecular flexibility index (Phi) is 5.98. The second-order valence-corrected chi connectivity index (χ2v) is 4.92. The van der Waals surface area contributed by atoms with Crippen molar-refractivity contribution in [2.75, 3.05) is 20.3 Å². The summed E-state index contributed by atoms with van der Waals surface area (Å²) in [7, 11) is 1.44. The van der Waals surface area contributed by atoms with Crippen LogP contribution in [0.25, 0.3) is 0 Å². The summed E-state index contributed by atoms with van der Waals surface area (Å²) >= 11 is 0. The number of rotatable bonds is 7. The van der Waals surface area contributed by atoms with Gasteiger partial charge in [-0.25, -0.2) is 0 Å². The van der Waals surface area contributed by atoms with E-state index in [2.05, 4.69) is 0 Å². The zero-order chi connectivity index (χ0) is 15.2. The van der Waals surface area contributed by atoms with Gasteiger partial charge in [0.05, 0.1) is 17.8 Å². The molecule has 6 heteroatoms.